The van der Waals surface area contributed by atoms with E-state index in [1.807, 2.05) is 23.6 Å². The molecule has 1 aromatic carbocycles. The lowest BCUT2D eigenvalue weighted by Crippen LogP contribution is -2.12. The normalized spacial score (nSPS) is 12.0. The minimum atomic E-state index is -0.636. The molecule has 3 heterocycles. The summed E-state index contributed by atoms with van der Waals surface area (Å²) in [5, 5.41) is 15.3. The number of rotatable bonds is 6. The van der Waals surface area contributed by atoms with Crippen molar-refractivity contribution in [3.05, 3.63) is 65.0 Å². The van der Waals surface area contributed by atoms with Crippen molar-refractivity contribution in [2.24, 2.45) is 0 Å². The number of nitrogens with one attached hydrogen (secondary N) is 3. The number of benzene rings is 1. The van der Waals surface area contributed by atoms with Crippen molar-refractivity contribution < 1.29 is 8.78 Å². The van der Waals surface area contributed by atoms with E-state index < -0.39 is 17.7 Å². The summed E-state index contributed by atoms with van der Waals surface area (Å²) < 4.78 is 27.1. The number of thiophene rings is 1. The van der Waals surface area contributed by atoms with Gasteiger partial charge in [0.1, 0.15) is 23.3 Å². The molecule has 0 fully saturated rings. The molecular formula is C19H17F2N7S. The van der Waals surface area contributed by atoms with E-state index in [4.69, 9.17) is 5.73 Å². The number of anilines is 4. The maximum absolute atomic E-state index is 14.0. The molecule has 0 saturated carbocycles. The van der Waals surface area contributed by atoms with Gasteiger partial charge in [-0.25, -0.2) is 8.78 Å². The van der Waals surface area contributed by atoms with Crippen LogP contribution in [0, 0.1) is 11.6 Å². The van der Waals surface area contributed by atoms with Gasteiger partial charge in [0.2, 0.25) is 5.95 Å². The zero-order valence-corrected chi connectivity index (χ0v) is 16.1. The molecule has 0 amide bonds. The number of aromatic amines is 1. The van der Waals surface area contributed by atoms with E-state index in [9.17, 15) is 8.78 Å². The van der Waals surface area contributed by atoms with Crippen molar-refractivity contribution in [3.63, 3.8) is 0 Å². The number of hydrogen-bond acceptors (Lipinski definition) is 7. The van der Waals surface area contributed by atoms with Gasteiger partial charge in [-0.3, -0.25) is 5.10 Å². The standard InChI is InChI=1S/C19H17F2N7S/c1-10(12-5-4-11(20)7-13(12)21)23-16-9-17(26-19(22)25-16)24-18-8-14(27-28-18)15-3-2-6-29-15/h2-10H,1H3,(H5,22,23,24,25,26,27,28). The van der Waals surface area contributed by atoms with E-state index in [-0.39, 0.29) is 5.95 Å². The Labute approximate surface area is 169 Å². The number of halogens is 2. The minimum Gasteiger partial charge on any atom is -0.368 e. The maximum Gasteiger partial charge on any atom is 0.223 e. The van der Waals surface area contributed by atoms with Crippen molar-refractivity contribution in [2.75, 3.05) is 16.4 Å². The number of nitrogen functional groups attached to an aromatic ring is 1. The second kappa shape index (κ2) is 7.84. The molecule has 7 nitrogen and oxygen atoms in total. The number of nitrogens with two attached hydrogens (primary N) is 1. The highest BCUT2D eigenvalue weighted by Gasteiger charge is 2.14. The average molecular weight is 413 g/mol. The lowest BCUT2D eigenvalue weighted by molar-refractivity contribution is 0.566. The first-order valence-corrected chi connectivity index (χ1v) is 9.58. The zero-order valence-electron chi connectivity index (χ0n) is 15.3. The third-order valence-corrected chi connectivity index (χ3v) is 5.06. The van der Waals surface area contributed by atoms with Crippen LogP contribution >= 0.6 is 11.3 Å². The van der Waals surface area contributed by atoms with Gasteiger partial charge in [0.05, 0.1) is 16.6 Å². The number of H-pyrrole nitrogens is 1. The monoisotopic (exact) mass is 413 g/mol. The van der Waals surface area contributed by atoms with Crippen LogP contribution in [0.5, 0.6) is 0 Å². The highest BCUT2D eigenvalue weighted by molar-refractivity contribution is 7.13. The van der Waals surface area contributed by atoms with Crippen LogP contribution in [0.3, 0.4) is 0 Å². The van der Waals surface area contributed by atoms with Crippen LogP contribution in [-0.2, 0) is 0 Å². The molecule has 10 heteroatoms. The van der Waals surface area contributed by atoms with Crippen molar-refractivity contribution in [1.82, 2.24) is 20.2 Å². The summed E-state index contributed by atoms with van der Waals surface area (Å²) in [6.07, 6.45) is 0. The highest BCUT2D eigenvalue weighted by atomic mass is 32.1. The Morgan fingerprint density at radius 2 is 1.90 bits per heavy atom. The predicted molar refractivity (Wildman–Crippen MR) is 110 cm³/mol. The summed E-state index contributed by atoms with van der Waals surface area (Å²) in [5.41, 5.74) is 7.00. The Kier molecular flexibility index (Phi) is 5.09. The molecule has 0 aliphatic carbocycles. The van der Waals surface area contributed by atoms with Crippen LogP contribution in [0.2, 0.25) is 0 Å². The number of nitrogens with zero attached hydrogens (tertiary/aromatic N) is 3. The van der Waals surface area contributed by atoms with Crippen LogP contribution < -0.4 is 16.4 Å². The van der Waals surface area contributed by atoms with Gasteiger partial charge >= 0.3 is 0 Å². The molecule has 148 valence electrons. The van der Waals surface area contributed by atoms with Crippen LogP contribution in [0.15, 0.2) is 47.8 Å². The van der Waals surface area contributed by atoms with E-state index in [0.29, 0.717) is 23.0 Å². The van der Waals surface area contributed by atoms with Crippen LogP contribution in [-0.4, -0.2) is 20.2 Å². The van der Waals surface area contributed by atoms with Gasteiger partial charge in [0.15, 0.2) is 5.82 Å². The zero-order chi connectivity index (χ0) is 20.4. The summed E-state index contributed by atoms with van der Waals surface area (Å²) in [5.74, 6) is 0.162. The summed E-state index contributed by atoms with van der Waals surface area (Å²) in [6, 6.07) is 10.4. The van der Waals surface area contributed by atoms with Gasteiger partial charge in [0.25, 0.3) is 0 Å². The van der Waals surface area contributed by atoms with Gasteiger partial charge in [-0.1, -0.05) is 12.1 Å². The quantitative estimate of drug-likeness (QED) is 0.365. The molecular weight excluding hydrogens is 396 g/mol. The summed E-state index contributed by atoms with van der Waals surface area (Å²) >= 11 is 1.60. The molecule has 5 N–H and O–H groups in total. The van der Waals surface area contributed by atoms with Crippen molar-refractivity contribution in [1.29, 1.82) is 0 Å². The molecule has 0 saturated heterocycles. The number of hydrogen-bond donors (Lipinski definition) is 4. The van der Waals surface area contributed by atoms with E-state index in [1.54, 1.807) is 24.3 Å². The largest absolute Gasteiger partial charge is 0.368 e. The Balaban J connectivity index is 1.51. The fourth-order valence-electron chi connectivity index (χ4n) is 2.83. The second-order valence-electron chi connectivity index (χ2n) is 6.30. The van der Waals surface area contributed by atoms with E-state index in [2.05, 4.69) is 30.8 Å². The Morgan fingerprint density at radius 1 is 1.07 bits per heavy atom. The minimum absolute atomic E-state index is 0.0401. The van der Waals surface area contributed by atoms with Crippen molar-refractivity contribution in [3.8, 4) is 10.6 Å². The van der Waals surface area contributed by atoms with Crippen LogP contribution in [0.4, 0.5) is 32.2 Å². The van der Waals surface area contributed by atoms with E-state index in [0.717, 1.165) is 16.6 Å². The first-order valence-electron chi connectivity index (χ1n) is 8.70. The molecule has 4 aromatic rings. The van der Waals surface area contributed by atoms with Gasteiger partial charge < -0.3 is 16.4 Å². The molecule has 4 rings (SSSR count). The predicted octanol–water partition coefficient (Wildman–Crippen LogP) is 4.71. The van der Waals surface area contributed by atoms with Crippen molar-refractivity contribution in [2.45, 2.75) is 13.0 Å². The topological polar surface area (TPSA) is 105 Å². The first kappa shape index (κ1) is 18.8. The smallest absolute Gasteiger partial charge is 0.223 e. The van der Waals surface area contributed by atoms with Crippen LogP contribution in [0.1, 0.15) is 18.5 Å². The average Bonchev–Trinajstić information content (AvgIpc) is 3.32. The van der Waals surface area contributed by atoms with E-state index >= 15 is 0 Å². The highest BCUT2D eigenvalue weighted by Crippen LogP contribution is 2.27. The van der Waals surface area contributed by atoms with Gasteiger partial charge in [-0.05, 0) is 24.4 Å². The lowest BCUT2D eigenvalue weighted by Gasteiger charge is -2.16. The van der Waals surface area contributed by atoms with Gasteiger partial charge in [0, 0.05) is 23.8 Å². The number of aromatic nitrogens is 4. The van der Waals surface area contributed by atoms with Gasteiger partial charge in [-0.2, -0.15) is 15.1 Å². The fraction of sp³-hybridized carbons (Fsp3) is 0.105. The molecule has 0 spiro atoms. The third kappa shape index (κ3) is 4.32. The SMILES string of the molecule is CC(Nc1cc(Nc2cc(-c3cccs3)[nH]n2)nc(N)n1)c1ccc(F)cc1F. The Bertz CT molecular complexity index is 1130. The molecule has 1 unspecified atom stereocenters. The maximum atomic E-state index is 14.0. The van der Waals surface area contributed by atoms with Crippen molar-refractivity contribution >= 4 is 34.7 Å². The fourth-order valence-corrected chi connectivity index (χ4v) is 3.52. The molecule has 0 bridgehead atoms. The molecule has 0 aliphatic heterocycles. The molecule has 29 heavy (non-hydrogen) atoms. The summed E-state index contributed by atoms with van der Waals surface area (Å²) in [7, 11) is 0. The second-order valence-corrected chi connectivity index (χ2v) is 7.25. The van der Waals surface area contributed by atoms with E-state index in [1.165, 1.54) is 12.1 Å². The summed E-state index contributed by atoms with van der Waals surface area (Å²) in [4.78, 5) is 9.34. The first-order chi connectivity index (χ1) is 14.0. The Morgan fingerprint density at radius 3 is 2.66 bits per heavy atom. The lowest BCUT2D eigenvalue weighted by atomic mass is 10.1. The third-order valence-electron chi connectivity index (χ3n) is 4.16. The van der Waals surface area contributed by atoms with Crippen LogP contribution in [0.25, 0.3) is 10.6 Å². The molecule has 1 atom stereocenters. The molecule has 3 aromatic heterocycles. The van der Waals surface area contributed by atoms with Gasteiger partial charge in [-0.15, -0.1) is 11.3 Å². The molecule has 0 aliphatic rings. The Hall–Kier alpha value is -3.53. The summed E-state index contributed by atoms with van der Waals surface area (Å²) in [6.45, 7) is 1.74. The molecule has 0 radical (unpaired) electrons.